The number of rotatable bonds is 8. The fourth-order valence-electron chi connectivity index (χ4n) is 2.47. The van der Waals surface area contributed by atoms with Gasteiger partial charge < -0.3 is 9.73 Å². The van der Waals surface area contributed by atoms with Crippen LogP contribution >= 0.6 is 0 Å². The van der Waals surface area contributed by atoms with E-state index in [1.165, 1.54) is 6.39 Å². The number of oxazole rings is 1. The fraction of sp³-hybridized carbons (Fsp3) is 0.333. The molecule has 0 fully saturated rings. The van der Waals surface area contributed by atoms with E-state index in [9.17, 15) is 4.79 Å². The van der Waals surface area contributed by atoms with E-state index in [-0.39, 0.29) is 5.91 Å². The van der Waals surface area contributed by atoms with Gasteiger partial charge in [-0.25, -0.2) is 4.98 Å². The molecular weight excluding hydrogens is 304 g/mol. The van der Waals surface area contributed by atoms with Crippen LogP contribution in [-0.4, -0.2) is 16.6 Å². The molecule has 0 unspecified atom stereocenters. The molecule has 122 valence electrons. The number of hydrogen-bond donors (Lipinski definition) is 1. The minimum Gasteiger partial charge on any atom is -0.443 e. The molecule has 6 heteroatoms. The Hall–Kier alpha value is -2.94. The highest BCUT2D eigenvalue weighted by Crippen LogP contribution is 2.37. The molecule has 0 bridgehead atoms. The molecule has 0 aliphatic carbocycles. The van der Waals surface area contributed by atoms with Gasteiger partial charge >= 0.3 is 0 Å². The van der Waals surface area contributed by atoms with Crippen LogP contribution < -0.4 is 5.32 Å². The highest BCUT2D eigenvalue weighted by molar-refractivity contribution is 5.76. The van der Waals surface area contributed by atoms with Crippen molar-refractivity contribution >= 4 is 5.91 Å². The van der Waals surface area contributed by atoms with E-state index in [1.54, 1.807) is 0 Å². The topological polar surface area (TPSA) is 79.9 Å². The summed E-state index contributed by atoms with van der Waals surface area (Å²) in [5.41, 5.74) is 1.22. The Kier molecular flexibility index (Phi) is 4.71. The Bertz CT molecular complexity index is 768. The van der Waals surface area contributed by atoms with Crippen molar-refractivity contribution in [3.8, 4) is 23.7 Å². The zero-order chi connectivity index (χ0) is 16.8. The van der Waals surface area contributed by atoms with Gasteiger partial charge in [-0.15, -0.1) is 12.3 Å². The molecule has 24 heavy (non-hydrogen) atoms. The standard InChI is InChI=1S/C18H18N4O2/c1-2-3-10-18(21-22-18)11-9-16(23)19-12-15-17(24-13-20-15)14-7-5-4-6-8-14/h1,4-8,13H,3,9-12H2,(H,19,23). The van der Waals surface area contributed by atoms with E-state index >= 15 is 0 Å². The summed E-state index contributed by atoms with van der Waals surface area (Å²) in [7, 11) is 0. The number of hydrogen-bond acceptors (Lipinski definition) is 5. The summed E-state index contributed by atoms with van der Waals surface area (Å²) in [6, 6.07) is 9.68. The van der Waals surface area contributed by atoms with E-state index in [2.05, 4.69) is 26.4 Å². The van der Waals surface area contributed by atoms with Crippen LogP contribution in [0.25, 0.3) is 11.3 Å². The molecule has 1 aliphatic heterocycles. The Morgan fingerprint density at radius 2 is 2.04 bits per heavy atom. The predicted octanol–water partition coefficient (Wildman–Crippen LogP) is 3.31. The summed E-state index contributed by atoms with van der Waals surface area (Å²) < 4.78 is 5.44. The van der Waals surface area contributed by atoms with Crippen molar-refractivity contribution in [1.82, 2.24) is 10.3 Å². The highest BCUT2D eigenvalue weighted by atomic mass is 16.3. The SMILES string of the molecule is C#CCCC1(CCC(=O)NCc2ncoc2-c2ccccc2)N=N1. The number of carbonyl (C=O) groups is 1. The first-order valence-corrected chi connectivity index (χ1v) is 7.84. The molecule has 0 saturated heterocycles. The van der Waals surface area contributed by atoms with Gasteiger partial charge in [0, 0.05) is 31.2 Å². The lowest BCUT2D eigenvalue weighted by molar-refractivity contribution is -0.121. The van der Waals surface area contributed by atoms with E-state index in [1.807, 2.05) is 30.3 Å². The molecule has 0 radical (unpaired) electrons. The maximum absolute atomic E-state index is 12.0. The Morgan fingerprint density at radius 1 is 1.25 bits per heavy atom. The molecule has 1 aromatic carbocycles. The van der Waals surface area contributed by atoms with Gasteiger partial charge in [0.05, 0.1) is 6.54 Å². The summed E-state index contributed by atoms with van der Waals surface area (Å²) in [4.78, 5) is 16.2. The summed E-state index contributed by atoms with van der Waals surface area (Å²) in [5, 5.41) is 10.9. The van der Waals surface area contributed by atoms with Crippen LogP contribution in [-0.2, 0) is 11.3 Å². The first kappa shape index (κ1) is 15.9. The average molecular weight is 322 g/mol. The smallest absolute Gasteiger partial charge is 0.220 e. The molecule has 6 nitrogen and oxygen atoms in total. The molecule has 1 aromatic heterocycles. The number of amides is 1. The second-order valence-electron chi connectivity index (χ2n) is 5.66. The van der Waals surface area contributed by atoms with Gasteiger partial charge in [-0.3, -0.25) is 4.79 Å². The third-order valence-corrected chi connectivity index (χ3v) is 3.94. The molecule has 2 aromatic rings. The lowest BCUT2D eigenvalue weighted by atomic mass is 10.0. The Balaban J connectivity index is 1.49. The van der Waals surface area contributed by atoms with E-state index in [0.717, 1.165) is 5.56 Å². The zero-order valence-corrected chi connectivity index (χ0v) is 13.2. The lowest BCUT2D eigenvalue weighted by Gasteiger charge is -2.09. The molecule has 1 aliphatic rings. The van der Waals surface area contributed by atoms with Crippen molar-refractivity contribution in [2.45, 2.75) is 37.9 Å². The molecule has 2 heterocycles. The van der Waals surface area contributed by atoms with Crippen molar-refractivity contribution in [2.75, 3.05) is 0 Å². The minimum atomic E-state index is -0.424. The van der Waals surface area contributed by atoms with Crippen molar-refractivity contribution in [3.05, 3.63) is 42.4 Å². The molecule has 1 N–H and O–H groups in total. The number of carbonyl (C=O) groups excluding carboxylic acids is 1. The second-order valence-corrected chi connectivity index (χ2v) is 5.66. The lowest BCUT2D eigenvalue weighted by Crippen LogP contribution is -2.25. The molecule has 0 saturated carbocycles. The fourth-order valence-corrected chi connectivity index (χ4v) is 2.47. The molecule has 1 amide bonds. The number of nitrogens with zero attached hydrogens (tertiary/aromatic N) is 3. The van der Waals surface area contributed by atoms with Crippen LogP contribution in [0.1, 0.15) is 31.4 Å². The second kappa shape index (κ2) is 7.09. The Morgan fingerprint density at radius 3 is 2.75 bits per heavy atom. The van der Waals surface area contributed by atoms with Crippen LogP contribution in [0.2, 0.25) is 0 Å². The zero-order valence-electron chi connectivity index (χ0n) is 13.2. The maximum Gasteiger partial charge on any atom is 0.220 e. The van der Waals surface area contributed by atoms with E-state index < -0.39 is 5.66 Å². The van der Waals surface area contributed by atoms with Gasteiger partial charge in [0.15, 0.2) is 17.8 Å². The van der Waals surface area contributed by atoms with Crippen molar-refractivity contribution in [1.29, 1.82) is 0 Å². The molecular formula is C18H18N4O2. The van der Waals surface area contributed by atoms with Crippen LogP contribution in [0.4, 0.5) is 0 Å². The quantitative estimate of drug-likeness (QED) is 0.757. The predicted molar refractivity (Wildman–Crippen MR) is 88.7 cm³/mol. The van der Waals surface area contributed by atoms with Gasteiger partial charge in [0.2, 0.25) is 5.91 Å². The van der Waals surface area contributed by atoms with Crippen molar-refractivity contribution < 1.29 is 9.21 Å². The van der Waals surface area contributed by atoms with Crippen LogP contribution in [0, 0.1) is 12.3 Å². The van der Waals surface area contributed by atoms with Gasteiger partial charge in [-0.1, -0.05) is 30.3 Å². The third-order valence-electron chi connectivity index (χ3n) is 3.94. The highest BCUT2D eigenvalue weighted by Gasteiger charge is 2.39. The van der Waals surface area contributed by atoms with Crippen LogP contribution in [0.5, 0.6) is 0 Å². The molecule has 3 rings (SSSR count). The first-order valence-electron chi connectivity index (χ1n) is 7.84. The summed E-state index contributed by atoms with van der Waals surface area (Å²) in [6.45, 7) is 0.325. The number of aromatic nitrogens is 1. The number of benzene rings is 1. The average Bonchev–Trinajstić information content (AvgIpc) is 3.24. The van der Waals surface area contributed by atoms with E-state index in [4.69, 9.17) is 10.8 Å². The Labute approximate surface area is 140 Å². The van der Waals surface area contributed by atoms with Crippen molar-refractivity contribution in [3.63, 3.8) is 0 Å². The molecule has 0 spiro atoms. The third kappa shape index (κ3) is 3.87. The largest absolute Gasteiger partial charge is 0.443 e. The van der Waals surface area contributed by atoms with Crippen molar-refractivity contribution in [2.24, 2.45) is 10.2 Å². The van der Waals surface area contributed by atoms with Gasteiger partial charge in [0.1, 0.15) is 5.69 Å². The van der Waals surface area contributed by atoms with E-state index in [0.29, 0.717) is 43.7 Å². The maximum atomic E-state index is 12.0. The molecule has 0 atom stereocenters. The monoisotopic (exact) mass is 322 g/mol. The first-order chi connectivity index (χ1) is 11.7. The van der Waals surface area contributed by atoms with Gasteiger partial charge in [-0.05, 0) is 0 Å². The van der Waals surface area contributed by atoms with Gasteiger partial charge in [-0.2, -0.15) is 10.2 Å². The number of terminal acetylenes is 1. The van der Waals surface area contributed by atoms with Gasteiger partial charge in [0.25, 0.3) is 0 Å². The minimum absolute atomic E-state index is 0.0607. The normalized spacial score (nSPS) is 14.1. The number of nitrogens with one attached hydrogen (secondary N) is 1. The summed E-state index contributed by atoms with van der Waals surface area (Å²) in [5.74, 6) is 3.19. The summed E-state index contributed by atoms with van der Waals surface area (Å²) in [6.07, 6.45) is 8.92. The van der Waals surface area contributed by atoms with Crippen LogP contribution in [0.15, 0.2) is 51.4 Å². The summed E-state index contributed by atoms with van der Waals surface area (Å²) >= 11 is 0. The van der Waals surface area contributed by atoms with Crippen LogP contribution in [0.3, 0.4) is 0 Å².